The van der Waals surface area contributed by atoms with Gasteiger partial charge in [-0.2, -0.15) is 0 Å². The quantitative estimate of drug-likeness (QED) is 0.398. The molecule has 2 saturated heterocycles. The Morgan fingerprint density at radius 3 is 2.38 bits per heavy atom. The number of rotatable bonds is 8. The fourth-order valence-corrected chi connectivity index (χ4v) is 3.67. The van der Waals surface area contributed by atoms with Gasteiger partial charge in [0.05, 0.1) is 6.61 Å². The maximum atomic E-state index is 9.55. The molecule has 142 valence electrons. The molecule has 0 aromatic carbocycles. The summed E-state index contributed by atoms with van der Waals surface area (Å²) in [4.78, 5) is 0. The van der Waals surface area contributed by atoms with Gasteiger partial charge in [-0.3, -0.25) is 0 Å². The van der Waals surface area contributed by atoms with E-state index in [1.165, 1.54) is 0 Å². The van der Waals surface area contributed by atoms with Gasteiger partial charge in [-0.15, -0.1) is 0 Å². The van der Waals surface area contributed by atoms with Gasteiger partial charge in [-0.1, -0.05) is 19.6 Å². The summed E-state index contributed by atoms with van der Waals surface area (Å²) < 4.78 is 34.5. The number of aliphatic hydroxyl groups is 1. The van der Waals surface area contributed by atoms with Crippen molar-refractivity contribution < 1.29 is 33.5 Å². The first-order valence-corrected chi connectivity index (χ1v) is 12.2. The lowest BCUT2D eigenvalue weighted by atomic mass is 9.99. The summed E-state index contributed by atoms with van der Waals surface area (Å²) in [5.74, 6) is -0.755. The van der Waals surface area contributed by atoms with Gasteiger partial charge in [-0.05, 0) is 19.9 Å². The van der Waals surface area contributed by atoms with Crippen molar-refractivity contribution in [2.75, 3.05) is 27.1 Å². The lowest BCUT2D eigenvalue weighted by Gasteiger charge is -2.40. The first-order chi connectivity index (χ1) is 11.2. The Kier molecular flexibility index (Phi) is 6.83. The molecule has 2 rings (SSSR count). The van der Waals surface area contributed by atoms with Gasteiger partial charge in [0.1, 0.15) is 31.2 Å². The first-order valence-electron chi connectivity index (χ1n) is 8.51. The standard InChI is InChI=1S/C16H32O7Si/c1-16(2)22-12-11(9-17)21-15(18-3)14(13(12)23-16)20-10-19-7-8-24(4,5)6/h11-15,17H,7-10H2,1-6H3/t11-,12+,13+,14+,15-/m1/s1. The van der Waals surface area contributed by atoms with Crippen molar-refractivity contribution in [3.63, 3.8) is 0 Å². The summed E-state index contributed by atoms with van der Waals surface area (Å²) in [6, 6.07) is 1.08. The smallest absolute Gasteiger partial charge is 0.186 e. The van der Waals surface area contributed by atoms with E-state index in [1.54, 1.807) is 7.11 Å². The van der Waals surface area contributed by atoms with Gasteiger partial charge in [0, 0.05) is 21.8 Å². The van der Waals surface area contributed by atoms with Crippen LogP contribution in [0.25, 0.3) is 0 Å². The SMILES string of the molecule is CO[C@@H]1O[C@H](CO)[C@@H]2OC(C)(C)O[C@@H]2[C@@H]1OCOCC[Si](C)(C)C. The number of methoxy groups -OCH3 is 1. The highest BCUT2D eigenvalue weighted by Crippen LogP contribution is 2.38. The lowest BCUT2D eigenvalue weighted by molar-refractivity contribution is -0.296. The Labute approximate surface area is 145 Å². The summed E-state index contributed by atoms with van der Waals surface area (Å²) in [5.41, 5.74) is 0. The van der Waals surface area contributed by atoms with Gasteiger partial charge in [0.15, 0.2) is 12.1 Å². The first kappa shape index (κ1) is 20.3. The van der Waals surface area contributed by atoms with Crippen molar-refractivity contribution in [1.29, 1.82) is 0 Å². The molecule has 0 bridgehead atoms. The van der Waals surface area contributed by atoms with Crippen molar-refractivity contribution in [3.05, 3.63) is 0 Å². The molecule has 2 fully saturated rings. The highest BCUT2D eigenvalue weighted by Gasteiger charge is 2.55. The number of ether oxygens (including phenoxy) is 6. The summed E-state index contributed by atoms with van der Waals surface area (Å²) >= 11 is 0. The summed E-state index contributed by atoms with van der Waals surface area (Å²) in [6.07, 6.45) is -2.40. The monoisotopic (exact) mass is 364 g/mol. The molecule has 2 heterocycles. The predicted molar refractivity (Wildman–Crippen MR) is 90.4 cm³/mol. The second-order valence-corrected chi connectivity index (χ2v) is 13.6. The van der Waals surface area contributed by atoms with Crippen molar-refractivity contribution >= 4 is 8.07 Å². The van der Waals surface area contributed by atoms with E-state index in [1.807, 2.05) is 13.8 Å². The van der Waals surface area contributed by atoms with Gasteiger partial charge in [0.25, 0.3) is 0 Å². The average Bonchev–Trinajstić information content (AvgIpc) is 2.80. The van der Waals surface area contributed by atoms with Crippen LogP contribution in [-0.2, 0) is 28.4 Å². The van der Waals surface area contributed by atoms with Crippen LogP contribution in [-0.4, -0.2) is 76.8 Å². The molecule has 0 aromatic rings. The van der Waals surface area contributed by atoms with Gasteiger partial charge in [-0.25, -0.2) is 0 Å². The predicted octanol–water partition coefficient (Wildman–Crippen LogP) is 1.57. The molecule has 7 nitrogen and oxygen atoms in total. The van der Waals surface area contributed by atoms with E-state index in [-0.39, 0.29) is 19.5 Å². The molecule has 0 radical (unpaired) electrons. The van der Waals surface area contributed by atoms with E-state index >= 15 is 0 Å². The molecule has 2 aliphatic heterocycles. The van der Waals surface area contributed by atoms with Crippen molar-refractivity contribution in [2.45, 2.75) is 76.0 Å². The fraction of sp³-hybridized carbons (Fsp3) is 1.00. The highest BCUT2D eigenvalue weighted by molar-refractivity contribution is 6.76. The largest absolute Gasteiger partial charge is 0.394 e. The van der Waals surface area contributed by atoms with E-state index < -0.39 is 38.5 Å². The van der Waals surface area contributed by atoms with E-state index in [0.29, 0.717) is 6.61 Å². The van der Waals surface area contributed by atoms with Crippen LogP contribution in [0.15, 0.2) is 0 Å². The molecule has 24 heavy (non-hydrogen) atoms. The lowest BCUT2D eigenvalue weighted by Crippen LogP contribution is -2.58. The normalized spacial score (nSPS) is 35.9. The molecule has 0 amide bonds. The van der Waals surface area contributed by atoms with Crippen LogP contribution in [0.4, 0.5) is 0 Å². The third-order valence-corrected chi connectivity index (χ3v) is 5.89. The van der Waals surface area contributed by atoms with Gasteiger partial charge < -0.3 is 33.5 Å². The molecule has 2 aliphatic rings. The molecule has 5 atom stereocenters. The minimum absolute atomic E-state index is 0.148. The van der Waals surface area contributed by atoms with E-state index in [9.17, 15) is 5.11 Å². The summed E-state index contributed by atoms with van der Waals surface area (Å²) in [5, 5.41) is 9.55. The zero-order chi connectivity index (χ0) is 18.0. The topological polar surface area (TPSA) is 75.6 Å². The third kappa shape index (κ3) is 5.22. The van der Waals surface area contributed by atoms with Crippen molar-refractivity contribution in [3.8, 4) is 0 Å². The molecule has 0 aromatic heterocycles. The highest BCUT2D eigenvalue weighted by atomic mass is 28.3. The number of hydrogen-bond acceptors (Lipinski definition) is 7. The number of aliphatic hydroxyl groups excluding tert-OH is 1. The molecule has 0 aliphatic carbocycles. The zero-order valence-electron chi connectivity index (χ0n) is 15.6. The van der Waals surface area contributed by atoms with Gasteiger partial charge >= 0.3 is 0 Å². The zero-order valence-corrected chi connectivity index (χ0v) is 16.6. The molecule has 0 unspecified atom stereocenters. The number of hydrogen-bond donors (Lipinski definition) is 1. The number of fused-ring (bicyclic) bond motifs is 1. The van der Waals surface area contributed by atoms with Crippen molar-refractivity contribution in [1.82, 2.24) is 0 Å². The average molecular weight is 365 g/mol. The van der Waals surface area contributed by atoms with E-state index in [4.69, 9.17) is 28.4 Å². The van der Waals surface area contributed by atoms with Crippen LogP contribution >= 0.6 is 0 Å². The third-order valence-electron chi connectivity index (χ3n) is 4.18. The minimum atomic E-state index is -1.12. The van der Waals surface area contributed by atoms with E-state index in [0.717, 1.165) is 6.04 Å². The Morgan fingerprint density at radius 1 is 1.12 bits per heavy atom. The van der Waals surface area contributed by atoms with Gasteiger partial charge in [0.2, 0.25) is 0 Å². The fourth-order valence-electron chi connectivity index (χ4n) is 2.91. The summed E-state index contributed by atoms with van der Waals surface area (Å²) in [6.45, 7) is 11.2. The van der Waals surface area contributed by atoms with Crippen LogP contribution in [0, 0.1) is 0 Å². The molecular formula is C16H32O7Si. The maximum absolute atomic E-state index is 9.55. The van der Waals surface area contributed by atoms with Crippen LogP contribution in [0.5, 0.6) is 0 Å². The summed E-state index contributed by atoms with van der Waals surface area (Å²) in [7, 11) is 0.420. The second kappa shape index (κ2) is 8.09. The Bertz CT molecular complexity index is 398. The van der Waals surface area contributed by atoms with Crippen LogP contribution in [0.2, 0.25) is 25.7 Å². The Balaban J connectivity index is 1.93. The second-order valence-electron chi connectivity index (χ2n) is 7.99. The molecule has 0 saturated carbocycles. The van der Waals surface area contributed by atoms with Crippen molar-refractivity contribution in [2.24, 2.45) is 0 Å². The Morgan fingerprint density at radius 2 is 1.79 bits per heavy atom. The minimum Gasteiger partial charge on any atom is -0.394 e. The van der Waals surface area contributed by atoms with Crippen LogP contribution in [0.1, 0.15) is 13.8 Å². The molecule has 0 spiro atoms. The molecule has 1 N–H and O–H groups in total. The van der Waals surface area contributed by atoms with Crippen LogP contribution < -0.4 is 0 Å². The maximum Gasteiger partial charge on any atom is 0.186 e. The Hall–Kier alpha value is -0.0631. The van der Waals surface area contributed by atoms with E-state index in [2.05, 4.69) is 19.6 Å². The molecular weight excluding hydrogens is 332 g/mol. The van der Waals surface area contributed by atoms with Crippen LogP contribution in [0.3, 0.4) is 0 Å². The molecule has 8 heteroatoms.